The SMILES string of the molecule is Cc1cc(Cl)cc2sc(N(CCN(C)C)C(=O)c3ccccc3)nc12.Cl. The maximum Gasteiger partial charge on any atom is 0.260 e. The Morgan fingerprint density at radius 1 is 1.15 bits per heavy atom. The molecule has 1 heterocycles. The lowest BCUT2D eigenvalue weighted by Gasteiger charge is -2.22. The summed E-state index contributed by atoms with van der Waals surface area (Å²) in [5, 5.41) is 1.39. The molecular weight excluding hydrogens is 389 g/mol. The number of carbonyl (C=O) groups excluding carboxylic acids is 1. The summed E-state index contributed by atoms with van der Waals surface area (Å²) in [5.74, 6) is -0.0368. The van der Waals surface area contributed by atoms with Gasteiger partial charge in [0.15, 0.2) is 5.13 Å². The Balaban J connectivity index is 0.00000243. The van der Waals surface area contributed by atoms with E-state index in [4.69, 9.17) is 16.6 Å². The van der Waals surface area contributed by atoms with Crippen LogP contribution >= 0.6 is 35.3 Å². The number of halogens is 2. The van der Waals surface area contributed by atoms with E-state index in [0.29, 0.717) is 22.3 Å². The highest BCUT2D eigenvalue weighted by molar-refractivity contribution is 7.22. The van der Waals surface area contributed by atoms with E-state index in [-0.39, 0.29) is 18.3 Å². The standard InChI is InChI=1S/C19H20ClN3OS.ClH/c1-13-11-15(20)12-16-17(13)21-19(25-16)23(10-9-22(2)3)18(24)14-7-5-4-6-8-14;/h4-8,11-12H,9-10H2,1-3H3;1H. The number of thiazole rings is 1. The van der Waals surface area contributed by atoms with Crippen molar-refractivity contribution in [3.05, 3.63) is 58.6 Å². The molecule has 0 N–H and O–H groups in total. The van der Waals surface area contributed by atoms with Crippen molar-refractivity contribution >= 4 is 56.6 Å². The highest BCUT2D eigenvalue weighted by atomic mass is 35.5. The predicted molar refractivity (Wildman–Crippen MR) is 113 cm³/mol. The summed E-state index contributed by atoms with van der Waals surface area (Å²) < 4.78 is 0.996. The van der Waals surface area contributed by atoms with Crippen LogP contribution in [-0.4, -0.2) is 43.0 Å². The molecule has 138 valence electrons. The van der Waals surface area contributed by atoms with Crippen molar-refractivity contribution in [3.63, 3.8) is 0 Å². The van der Waals surface area contributed by atoms with E-state index >= 15 is 0 Å². The molecule has 0 bridgehead atoms. The molecule has 0 spiro atoms. The van der Waals surface area contributed by atoms with Crippen LogP contribution < -0.4 is 4.90 Å². The third-order valence-electron chi connectivity index (χ3n) is 3.91. The summed E-state index contributed by atoms with van der Waals surface area (Å²) in [6, 6.07) is 13.1. The van der Waals surface area contributed by atoms with E-state index in [1.165, 1.54) is 11.3 Å². The van der Waals surface area contributed by atoms with Crippen molar-refractivity contribution in [1.29, 1.82) is 0 Å². The molecule has 0 aliphatic heterocycles. The zero-order chi connectivity index (χ0) is 18.0. The Morgan fingerprint density at radius 2 is 1.85 bits per heavy atom. The smallest absolute Gasteiger partial charge is 0.260 e. The molecule has 0 aliphatic carbocycles. The number of amides is 1. The van der Waals surface area contributed by atoms with Gasteiger partial charge in [-0.15, -0.1) is 12.4 Å². The average Bonchev–Trinajstić information content (AvgIpc) is 2.99. The maximum absolute atomic E-state index is 13.0. The Hall–Kier alpha value is -1.66. The molecule has 0 atom stereocenters. The van der Waals surface area contributed by atoms with Crippen molar-refractivity contribution in [2.75, 3.05) is 32.1 Å². The number of aryl methyl sites for hydroxylation is 1. The van der Waals surface area contributed by atoms with Gasteiger partial charge in [0.25, 0.3) is 5.91 Å². The van der Waals surface area contributed by atoms with E-state index in [2.05, 4.69) is 4.90 Å². The summed E-state index contributed by atoms with van der Waals surface area (Å²) in [5.41, 5.74) is 2.58. The maximum atomic E-state index is 13.0. The van der Waals surface area contributed by atoms with Gasteiger partial charge >= 0.3 is 0 Å². The van der Waals surface area contributed by atoms with Gasteiger partial charge in [0.1, 0.15) is 0 Å². The van der Waals surface area contributed by atoms with E-state index in [0.717, 1.165) is 22.3 Å². The van der Waals surface area contributed by atoms with Crippen molar-refractivity contribution < 1.29 is 4.79 Å². The number of hydrogen-bond acceptors (Lipinski definition) is 4. The molecule has 0 radical (unpaired) electrons. The van der Waals surface area contributed by atoms with E-state index in [9.17, 15) is 4.79 Å². The normalized spacial score (nSPS) is 10.8. The molecule has 3 rings (SSSR count). The average molecular weight is 410 g/mol. The van der Waals surface area contributed by atoms with Crippen LogP contribution in [-0.2, 0) is 0 Å². The van der Waals surface area contributed by atoms with Gasteiger partial charge in [-0.25, -0.2) is 4.98 Å². The molecule has 26 heavy (non-hydrogen) atoms. The van der Waals surface area contributed by atoms with Gasteiger partial charge in [0, 0.05) is 23.7 Å². The second-order valence-corrected chi connectivity index (χ2v) is 7.64. The van der Waals surface area contributed by atoms with E-state index in [1.807, 2.05) is 63.5 Å². The third-order valence-corrected chi connectivity index (χ3v) is 5.15. The minimum Gasteiger partial charge on any atom is -0.308 e. The molecule has 1 amide bonds. The first kappa shape index (κ1) is 20.6. The number of rotatable bonds is 5. The largest absolute Gasteiger partial charge is 0.308 e. The summed E-state index contributed by atoms with van der Waals surface area (Å²) in [6.45, 7) is 3.32. The first-order valence-corrected chi connectivity index (χ1v) is 9.23. The summed E-state index contributed by atoms with van der Waals surface area (Å²) in [4.78, 5) is 21.6. The molecule has 4 nitrogen and oxygen atoms in total. The lowest BCUT2D eigenvalue weighted by Crippen LogP contribution is -2.36. The molecule has 7 heteroatoms. The number of carbonyl (C=O) groups is 1. The topological polar surface area (TPSA) is 36.4 Å². The number of fused-ring (bicyclic) bond motifs is 1. The number of aromatic nitrogens is 1. The Morgan fingerprint density at radius 3 is 2.50 bits per heavy atom. The van der Waals surface area contributed by atoms with Gasteiger partial charge in [-0.05, 0) is 50.8 Å². The predicted octanol–water partition coefficient (Wildman–Crippen LogP) is 4.89. The highest BCUT2D eigenvalue weighted by Crippen LogP contribution is 2.33. The third kappa shape index (κ3) is 4.54. The Labute approximate surface area is 168 Å². The monoisotopic (exact) mass is 409 g/mol. The fraction of sp³-hybridized carbons (Fsp3) is 0.263. The minimum atomic E-state index is -0.0368. The van der Waals surface area contributed by atoms with Crippen LogP contribution in [0.3, 0.4) is 0 Å². The molecule has 0 aliphatic rings. The van der Waals surface area contributed by atoms with E-state index in [1.54, 1.807) is 4.90 Å². The van der Waals surface area contributed by atoms with Crippen LogP contribution in [0, 0.1) is 6.92 Å². The number of anilines is 1. The van der Waals surface area contributed by atoms with Crippen molar-refractivity contribution in [2.45, 2.75) is 6.92 Å². The number of benzene rings is 2. The zero-order valence-corrected chi connectivity index (χ0v) is 17.3. The van der Waals surface area contributed by atoms with Crippen molar-refractivity contribution in [2.24, 2.45) is 0 Å². The molecule has 3 aromatic rings. The molecular formula is C19H21Cl2N3OS. The van der Waals surface area contributed by atoms with Crippen LogP contribution in [0.1, 0.15) is 15.9 Å². The van der Waals surface area contributed by atoms with Crippen LogP contribution in [0.15, 0.2) is 42.5 Å². The van der Waals surface area contributed by atoms with Crippen LogP contribution in [0.4, 0.5) is 5.13 Å². The second-order valence-electron chi connectivity index (χ2n) is 6.19. The first-order valence-electron chi connectivity index (χ1n) is 8.04. The number of hydrogen-bond donors (Lipinski definition) is 0. The zero-order valence-electron chi connectivity index (χ0n) is 14.9. The summed E-state index contributed by atoms with van der Waals surface area (Å²) >= 11 is 7.67. The Bertz CT molecular complexity index is 896. The van der Waals surface area contributed by atoms with Gasteiger partial charge in [-0.1, -0.05) is 41.1 Å². The first-order chi connectivity index (χ1) is 12.0. The van der Waals surface area contributed by atoms with Gasteiger partial charge in [0.05, 0.1) is 10.2 Å². The summed E-state index contributed by atoms with van der Waals surface area (Å²) in [6.07, 6.45) is 0. The fourth-order valence-electron chi connectivity index (χ4n) is 2.58. The van der Waals surface area contributed by atoms with Crippen molar-refractivity contribution in [3.8, 4) is 0 Å². The lowest BCUT2D eigenvalue weighted by atomic mass is 10.2. The molecule has 0 saturated carbocycles. The lowest BCUT2D eigenvalue weighted by molar-refractivity contribution is 0.0985. The fourth-order valence-corrected chi connectivity index (χ4v) is 4.02. The molecule has 2 aromatic carbocycles. The second kappa shape index (κ2) is 8.82. The van der Waals surface area contributed by atoms with Crippen LogP contribution in [0.5, 0.6) is 0 Å². The van der Waals surface area contributed by atoms with Crippen LogP contribution in [0.2, 0.25) is 5.02 Å². The quantitative estimate of drug-likeness (QED) is 0.601. The molecule has 0 fully saturated rings. The van der Waals surface area contributed by atoms with Gasteiger partial charge in [0.2, 0.25) is 0 Å². The summed E-state index contributed by atoms with van der Waals surface area (Å²) in [7, 11) is 3.99. The number of nitrogens with zero attached hydrogens (tertiary/aromatic N) is 3. The molecule has 0 saturated heterocycles. The molecule has 1 aromatic heterocycles. The van der Waals surface area contributed by atoms with Gasteiger partial charge in [-0.2, -0.15) is 0 Å². The van der Waals surface area contributed by atoms with Crippen molar-refractivity contribution in [1.82, 2.24) is 9.88 Å². The van der Waals surface area contributed by atoms with Gasteiger partial charge < -0.3 is 4.90 Å². The number of likely N-dealkylation sites (N-methyl/N-ethyl adjacent to an activating group) is 1. The van der Waals surface area contributed by atoms with E-state index < -0.39 is 0 Å². The minimum absolute atomic E-state index is 0. The highest BCUT2D eigenvalue weighted by Gasteiger charge is 2.21. The Kier molecular flexibility index (Phi) is 7.01. The van der Waals surface area contributed by atoms with Gasteiger partial charge in [-0.3, -0.25) is 9.69 Å². The van der Waals surface area contributed by atoms with Crippen LogP contribution in [0.25, 0.3) is 10.2 Å². The molecule has 0 unspecified atom stereocenters.